The van der Waals surface area contributed by atoms with Gasteiger partial charge >= 0.3 is 6.18 Å². The van der Waals surface area contributed by atoms with Crippen molar-refractivity contribution in [3.63, 3.8) is 0 Å². The van der Waals surface area contributed by atoms with Crippen LogP contribution in [0, 0.1) is 0 Å². The van der Waals surface area contributed by atoms with Crippen molar-refractivity contribution in [1.82, 2.24) is 0 Å². The van der Waals surface area contributed by atoms with E-state index < -0.39 is 12.6 Å². The average Bonchev–Trinajstić information content (AvgIpc) is 3.33. The van der Waals surface area contributed by atoms with Gasteiger partial charge in [-0.15, -0.1) is 0 Å². The van der Waals surface area contributed by atoms with Crippen LogP contribution in [0.1, 0.15) is 69.4 Å². The third-order valence-electron chi connectivity index (χ3n) is 4.61. The number of benzene rings is 1. The summed E-state index contributed by atoms with van der Waals surface area (Å²) in [6, 6.07) is 8.41. The molecule has 0 aliphatic carbocycles. The Hall–Kier alpha value is -1.29. The fraction of sp³-hybridized carbons (Fsp3) is 0.619. The van der Waals surface area contributed by atoms with Crippen LogP contribution in [0.15, 0.2) is 30.3 Å². The summed E-state index contributed by atoms with van der Waals surface area (Å²) >= 11 is 0. The molecule has 0 amide bonds. The van der Waals surface area contributed by atoms with E-state index in [1.165, 1.54) is 44.1 Å². The number of aryl methyl sites for hydroxylation is 1. The number of ether oxygens (including phenoxy) is 1. The van der Waals surface area contributed by atoms with E-state index in [0.29, 0.717) is 0 Å². The number of rotatable bonds is 11. The molecule has 1 fully saturated rings. The van der Waals surface area contributed by atoms with E-state index >= 15 is 0 Å². The van der Waals surface area contributed by atoms with Crippen molar-refractivity contribution in [3.05, 3.63) is 41.5 Å². The highest BCUT2D eigenvalue weighted by molar-refractivity contribution is 5.50. The molecule has 0 N–H and O–H groups in total. The molecule has 2 rings (SSSR count). The fourth-order valence-electron chi connectivity index (χ4n) is 2.97. The molecule has 1 saturated heterocycles. The third-order valence-corrected chi connectivity index (χ3v) is 4.61. The minimum atomic E-state index is -4.09. The highest BCUT2D eigenvalue weighted by atomic mass is 19.4. The molecular weight excluding hydrogens is 325 g/mol. The molecule has 1 aliphatic heterocycles. The summed E-state index contributed by atoms with van der Waals surface area (Å²) in [4.78, 5) is 0. The number of hydrogen-bond donors (Lipinski definition) is 0. The maximum Gasteiger partial charge on any atom is 0.389 e. The zero-order valence-corrected chi connectivity index (χ0v) is 15.0. The molecular formula is C21H29F3O. The summed E-state index contributed by atoms with van der Waals surface area (Å²) in [5.41, 5.74) is 2.41. The Morgan fingerprint density at radius 2 is 1.68 bits per heavy atom. The Balaban J connectivity index is 1.64. The van der Waals surface area contributed by atoms with Gasteiger partial charge in [-0.05, 0) is 30.4 Å². The third kappa shape index (κ3) is 8.57. The molecule has 25 heavy (non-hydrogen) atoms. The zero-order valence-electron chi connectivity index (χ0n) is 15.0. The molecule has 0 saturated carbocycles. The lowest BCUT2D eigenvalue weighted by Gasteiger charge is -2.03. The first kappa shape index (κ1) is 20.0. The molecule has 0 unspecified atom stereocenters. The van der Waals surface area contributed by atoms with E-state index in [4.69, 9.17) is 4.74 Å². The molecule has 4 heteroatoms. The molecule has 1 nitrogen and oxygen atoms in total. The maximum atomic E-state index is 12.2. The molecule has 1 aliphatic rings. The van der Waals surface area contributed by atoms with Gasteiger partial charge in [0, 0.05) is 6.42 Å². The van der Waals surface area contributed by atoms with Gasteiger partial charge in [0.2, 0.25) is 0 Å². The van der Waals surface area contributed by atoms with Crippen molar-refractivity contribution in [1.29, 1.82) is 0 Å². The quantitative estimate of drug-likeness (QED) is 0.318. The van der Waals surface area contributed by atoms with Crippen LogP contribution in [0.3, 0.4) is 0 Å². The minimum Gasteiger partial charge on any atom is -0.365 e. The van der Waals surface area contributed by atoms with Gasteiger partial charge < -0.3 is 4.74 Å². The van der Waals surface area contributed by atoms with E-state index in [-0.39, 0.29) is 18.6 Å². The molecule has 1 heterocycles. The van der Waals surface area contributed by atoms with Crippen LogP contribution < -0.4 is 0 Å². The predicted octanol–water partition coefficient (Wildman–Crippen LogP) is 6.71. The first-order valence-electron chi connectivity index (χ1n) is 9.47. The summed E-state index contributed by atoms with van der Waals surface area (Å²) in [6.45, 7) is 2.23. The number of alkyl halides is 3. The van der Waals surface area contributed by atoms with Gasteiger partial charge in [-0.2, -0.15) is 13.2 Å². The van der Waals surface area contributed by atoms with Crippen LogP contribution in [0.5, 0.6) is 0 Å². The van der Waals surface area contributed by atoms with E-state index in [2.05, 4.69) is 31.2 Å². The Morgan fingerprint density at radius 3 is 2.36 bits per heavy atom. The highest BCUT2D eigenvalue weighted by Crippen LogP contribution is 2.32. The van der Waals surface area contributed by atoms with Crippen molar-refractivity contribution in [3.8, 4) is 0 Å². The van der Waals surface area contributed by atoms with Gasteiger partial charge in [0.15, 0.2) is 0 Å². The second-order valence-corrected chi connectivity index (χ2v) is 6.91. The Kier molecular flexibility index (Phi) is 8.01. The van der Waals surface area contributed by atoms with Crippen LogP contribution in [-0.2, 0) is 11.2 Å². The van der Waals surface area contributed by atoms with E-state index in [1.54, 1.807) is 0 Å². The standard InChI is InChI=1S/C21H29F3O/c1-2-3-4-5-6-7-8-17-9-11-18(12-10-17)13-14-19-20(25-19)15-16-21(22,23)24/h9-14,19-20H,2-8,15-16H2,1H3/t19-,20+/m1/s1. The van der Waals surface area contributed by atoms with Gasteiger partial charge in [0.25, 0.3) is 0 Å². The van der Waals surface area contributed by atoms with Crippen molar-refractivity contribution >= 4 is 6.08 Å². The number of hydrogen-bond acceptors (Lipinski definition) is 1. The van der Waals surface area contributed by atoms with E-state index in [0.717, 1.165) is 12.0 Å². The van der Waals surface area contributed by atoms with Crippen LogP contribution in [0.25, 0.3) is 6.08 Å². The predicted molar refractivity (Wildman–Crippen MR) is 96.5 cm³/mol. The van der Waals surface area contributed by atoms with Crippen LogP contribution in [-0.4, -0.2) is 18.4 Å². The molecule has 0 aromatic heterocycles. The summed E-state index contributed by atoms with van der Waals surface area (Å²) in [5.74, 6) is 0. The second kappa shape index (κ2) is 10.0. The lowest BCUT2D eigenvalue weighted by molar-refractivity contribution is -0.136. The highest BCUT2D eigenvalue weighted by Gasteiger charge is 2.39. The number of epoxide rings is 1. The largest absolute Gasteiger partial charge is 0.389 e. The van der Waals surface area contributed by atoms with Crippen LogP contribution in [0.4, 0.5) is 13.2 Å². The van der Waals surface area contributed by atoms with Crippen molar-refractivity contribution in [2.24, 2.45) is 0 Å². The van der Waals surface area contributed by atoms with Gasteiger partial charge in [0.05, 0.1) is 6.10 Å². The summed E-state index contributed by atoms with van der Waals surface area (Å²) in [7, 11) is 0. The Bertz CT molecular complexity index is 519. The molecule has 140 valence electrons. The number of halogens is 3. The average molecular weight is 354 g/mol. The van der Waals surface area contributed by atoms with Crippen molar-refractivity contribution < 1.29 is 17.9 Å². The normalized spacial score (nSPS) is 20.3. The second-order valence-electron chi connectivity index (χ2n) is 6.91. The molecule has 0 bridgehead atoms. The fourth-order valence-corrected chi connectivity index (χ4v) is 2.97. The Morgan fingerprint density at radius 1 is 1.00 bits per heavy atom. The molecule has 2 atom stereocenters. The summed E-state index contributed by atoms with van der Waals surface area (Å²) < 4.78 is 41.7. The Labute approximate surface area is 149 Å². The van der Waals surface area contributed by atoms with Gasteiger partial charge in [-0.25, -0.2) is 0 Å². The lowest BCUT2D eigenvalue weighted by atomic mass is 10.0. The SMILES string of the molecule is CCCCCCCCc1ccc(C=C[C@H]2O[C@H]2CCC(F)(F)F)cc1. The first-order valence-corrected chi connectivity index (χ1v) is 9.47. The first-order chi connectivity index (χ1) is 12.0. The molecule has 1 aromatic rings. The number of unbranched alkanes of at least 4 members (excludes halogenated alkanes) is 5. The van der Waals surface area contributed by atoms with Gasteiger partial charge in [0.1, 0.15) is 6.10 Å². The van der Waals surface area contributed by atoms with Crippen LogP contribution >= 0.6 is 0 Å². The zero-order chi connectivity index (χ0) is 18.1. The maximum absolute atomic E-state index is 12.2. The van der Waals surface area contributed by atoms with Gasteiger partial charge in [-0.1, -0.05) is 75.4 Å². The lowest BCUT2D eigenvalue weighted by Crippen LogP contribution is -2.08. The van der Waals surface area contributed by atoms with Crippen molar-refractivity contribution in [2.45, 2.75) is 83.1 Å². The summed E-state index contributed by atoms with van der Waals surface area (Å²) in [6.07, 6.45) is 7.48. The molecule has 1 aromatic carbocycles. The van der Waals surface area contributed by atoms with E-state index in [9.17, 15) is 13.2 Å². The molecule has 0 spiro atoms. The smallest absolute Gasteiger partial charge is 0.365 e. The van der Waals surface area contributed by atoms with Crippen molar-refractivity contribution in [2.75, 3.05) is 0 Å². The monoisotopic (exact) mass is 354 g/mol. The summed E-state index contributed by atoms with van der Waals surface area (Å²) in [5, 5.41) is 0. The van der Waals surface area contributed by atoms with Crippen LogP contribution in [0.2, 0.25) is 0 Å². The topological polar surface area (TPSA) is 12.5 Å². The van der Waals surface area contributed by atoms with Gasteiger partial charge in [-0.3, -0.25) is 0 Å². The van der Waals surface area contributed by atoms with E-state index in [1.807, 2.05) is 12.2 Å². The minimum absolute atomic E-state index is 0.0513. The molecule has 0 radical (unpaired) electrons.